The van der Waals surface area contributed by atoms with Gasteiger partial charge in [0, 0.05) is 10.0 Å². The summed E-state index contributed by atoms with van der Waals surface area (Å²) >= 11 is 3.52. The van der Waals surface area contributed by atoms with Gasteiger partial charge in [-0.1, -0.05) is 52.3 Å². The van der Waals surface area contributed by atoms with Crippen LogP contribution in [0.1, 0.15) is 37.8 Å². The van der Waals surface area contributed by atoms with Crippen LogP contribution in [0.15, 0.2) is 53.0 Å². The minimum absolute atomic E-state index is 0.294. The molecule has 1 aliphatic rings. The molecule has 24 heavy (non-hydrogen) atoms. The molecular formula is C19H18BrNO3. The lowest BCUT2D eigenvalue weighted by Gasteiger charge is -2.24. The first-order valence-electron chi connectivity index (χ1n) is 7.70. The summed E-state index contributed by atoms with van der Waals surface area (Å²) in [5.41, 5.74) is 1.53. The zero-order valence-corrected chi connectivity index (χ0v) is 15.3. The van der Waals surface area contributed by atoms with Crippen molar-refractivity contribution in [3.05, 3.63) is 64.1 Å². The summed E-state index contributed by atoms with van der Waals surface area (Å²) in [5.74, 6) is -0.818. The molecule has 0 saturated carbocycles. The van der Waals surface area contributed by atoms with Crippen LogP contribution in [-0.4, -0.2) is 17.6 Å². The molecule has 2 aromatic rings. The Morgan fingerprint density at radius 3 is 2.38 bits per heavy atom. The van der Waals surface area contributed by atoms with Crippen molar-refractivity contribution in [2.45, 2.75) is 32.3 Å². The van der Waals surface area contributed by atoms with Crippen LogP contribution in [0, 0.1) is 0 Å². The molecule has 1 aliphatic heterocycles. The Bertz CT molecular complexity index is 796. The van der Waals surface area contributed by atoms with E-state index >= 15 is 0 Å². The molecule has 0 fully saturated rings. The highest BCUT2D eigenvalue weighted by molar-refractivity contribution is 9.10. The topological polar surface area (TPSA) is 46.6 Å². The first kappa shape index (κ1) is 16.7. The number of amides is 2. The Morgan fingerprint density at radius 2 is 1.75 bits per heavy atom. The Balaban J connectivity index is 2.10. The van der Waals surface area contributed by atoms with E-state index in [1.54, 1.807) is 32.9 Å². The molecule has 1 atom stereocenters. The molecule has 2 aromatic carbocycles. The fourth-order valence-corrected chi connectivity index (χ4v) is 3.41. The van der Waals surface area contributed by atoms with E-state index in [1.165, 1.54) is 0 Å². The molecule has 1 heterocycles. The first-order chi connectivity index (χ1) is 11.3. The summed E-state index contributed by atoms with van der Waals surface area (Å²) in [7, 11) is 0. The van der Waals surface area contributed by atoms with Gasteiger partial charge in [0.25, 0.3) is 0 Å². The smallest absolute Gasteiger partial charge is 0.421 e. The second-order valence-corrected chi connectivity index (χ2v) is 7.52. The summed E-state index contributed by atoms with van der Waals surface area (Å²) < 4.78 is 6.22. The van der Waals surface area contributed by atoms with E-state index in [0.29, 0.717) is 5.69 Å². The highest BCUT2D eigenvalue weighted by Crippen LogP contribution is 2.45. The minimum atomic E-state index is -0.672. The zero-order valence-electron chi connectivity index (χ0n) is 13.7. The Kier molecular flexibility index (Phi) is 4.22. The highest BCUT2D eigenvalue weighted by Gasteiger charge is 2.44. The van der Waals surface area contributed by atoms with Crippen LogP contribution in [0.2, 0.25) is 0 Å². The molecule has 0 bridgehead atoms. The Hall–Kier alpha value is -2.14. The number of hydrogen-bond acceptors (Lipinski definition) is 3. The number of carbonyl (C=O) groups excluding carboxylic acids is 2. The summed E-state index contributed by atoms with van der Waals surface area (Å²) in [6.07, 6.45) is -0.648. The maximum atomic E-state index is 13.0. The van der Waals surface area contributed by atoms with Crippen LogP contribution < -0.4 is 4.90 Å². The molecule has 4 nitrogen and oxygen atoms in total. The molecule has 2 amide bonds. The number of hydrogen-bond donors (Lipinski definition) is 0. The van der Waals surface area contributed by atoms with E-state index in [0.717, 1.165) is 20.5 Å². The third kappa shape index (κ3) is 2.96. The number of anilines is 1. The third-order valence-electron chi connectivity index (χ3n) is 3.74. The molecule has 1 unspecified atom stereocenters. The molecule has 3 rings (SSSR count). The van der Waals surface area contributed by atoms with Gasteiger partial charge in [-0.2, -0.15) is 0 Å². The average Bonchev–Trinajstić information content (AvgIpc) is 2.80. The third-order valence-corrected chi connectivity index (χ3v) is 4.43. The van der Waals surface area contributed by atoms with Gasteiger partial charge in [0.15, 0.2) is 0 Å². The number of rotatable bonds is 1. The van der Waals surface area contributed by atoms with Gasteiger partial charge < -0.3 is 4.74 Å². The molecule has 0 aromatic heterocycles. The maximum Gasteiger partial charge on any atom is 0.421 e. The normalized spacial score (nSPS) is 16.9. The zero-order chi connectivity index (χ0) is 17.5. The van der Waals surface area contributed by atoms with Gasteiger partial charge in [-0.3, -0.25) is 4.79 Å². The number of fused-ring (bicyclic) bond motifs is 1. The van der Waals surface area contributed by atoms with E-state index in [9.17, 15) is 9.59 Å². The van der Waals surface area contributed by atoms with Crippen molar-refractivity contribution in [3.8, 4) is 0 Å². The number of imide groups is 1. The molecule has 5 heteroatoms. The van der Waals surface area contributed by atoms with Crippen LogP contribution in [0.25, 0.3) is 0 Å². The van der Waals surface area contributed by atoms with Crippen molar-refractivity contribution in [3.63, 3.8) is 0 Å². The van der Waals surface area contributed by atoms with Crippen molar-refractivity contribution in [1.29, 1.82) is 0 Å². The summed E-state index contributed by atoms with van der Waals surface area (Å²) in [5, 5.41) is 0. The SMILES string of the molecule is CC(C)(C)OC(=O)N1C(=O)C(c2ccccc2)c2c(Br)cccc21. The number of benzene rings is 2. The predicted octanol–water partition coefficient (Wildman–Crippen LogP) is 4.86. The van der Waals surface area contributed by atoms with Gasteiger partial charge >= 0.3 is 6.09 Å². The molecule has 0 saturated heterocycles. The van der Waals surface area contributed by atoms with E-state index < -0.39 is 17.6 Å². The van der Waals surface area contributed by atoms with Crippen molar-refractivity contribution < 1.29 is 14.3 Å². The number of halogens is 1. The standard InChI is InChI=1S/C19H18BrNO3/c1-19(2,3)24-18(23)21-14-11-7-10-13(20)16(14)15(17(21)22)12-8-5-4-6-9-12/h4-11,15H,1-3H3. The second kappa shape index (κ2) is 6.06. The van der Waals surface area contributed by atoms with Crippen LogP contribution in [0.3, 0.4) is 0 Å². The maximum absolute atomic E-state index is 13.0. The molecule has 0 N–H and O–H groups in total. The molecular weight excluding hydrogens is 370 g/mol. The molecule has 0 spiro atoms. The fraction of sp³-hybridized carbons (Fsp3) is 0.263. The van der Waals surface area contributed by atoms with Gasteiger partial charge in [0.2, 0.25) is 5.91 Å². The molecule has 0 radical (unpaired) electrons. The van der Waals surface area contributed by atoms with Crippen LogP contribution >= 0.6 is 15.9 Å². The summed E-state index contributed by atoms with van der Waals surface area (Å²) in [6, 6.07) is 14.9. The molecule has 124 valence electrons. The average molecular weight is 388 g/mol. The highest BCUT2D eigenvalue weighted by atomic mass is 79.9. The van der Waals surface area contributed by atoms with E-state index in [-0.39, 0.29) is 5.91 Å². The minimum Gasteiger partial charge on any atom is -0.443 e. The fourth-order valence-electron chi connectivity index (χ4n) is 2.83. The molecule has 0 aliphatic carbocycles. The number of carbonyl (C=O) groups is 2. The van der Waals surface area contributed by atoms with Crippen LogP contribution in [0.4, 0.5) is 10.5 Å². The van der Waals surface area contributed by atoms with Gasteiger partial charge in [0.1, 0.15) is 5.60 Å². The van der Waals surface area contributed by atoms with Gasteiger partial charge in [-0.05, 0) is 38.5 Å². The lowest BCUT2D eigenvalue weighted by atomic mass is 9.93. The predicted molar refractivity (Wildman–Crippen MR) is 96.1 cm³/mol. The second-order valence-electron chi connectivity index (χ2n) is 6.67. The Morgan fingerprint density at radius 1 is 1.08 bits per heavy atom. The van der Waals surface area contributed by atoms with Crippen molar-refractivity contribution in [1.82, 2.24) is 0 Å². The lowest BCUT2D eigenvalue weighted by molar-refractivity contribution is -0.118. The van der Waals surface area contributed by atoms with Gasteiger partial charge in [0.05, 0.1) is 11.6 Å². The first-order valence-corrected chi connectivity index (χ1v) is 8.49. The van der Waals surface area contributed by atoms with Crippen molar-refractivity contribution in [2.75, 3.05) is 4.90 Å². The number of nitrogens with zero attached hydrogens (tertiary/aromatic N) is 1. The van der Waals surface area contributed by atoms with Gasteiger partial charge in [-0.25, -0.2) is 9.69 Å². The van der Waals surface area contributed by atoms with E-state index in [4.69, 9.17) is 4.74 Å². The monoisotopic (exact) mass is 387 g/mol. The Labute approximate surface area is 149 Å². The van der Waals surface area contributed by atoms with Crippen molar-refractivity contribution >= 4 is 33.6 Å². The van der Waals surface area contributed by atoms with E-state index in [2.05, 4.69) is 15.9 Å². The lowest BCUT2D eigenvalue weighted by Crippen LogP contribution is -2.39. The number of ether oxygens (including phenoxy) is 1. The summed E-state index contributed by atoms with van der Waals surface area (Å²) in [4.78, 5) is 26.8. The quantitative estimate of drug-likeness (QED) is 0.701. The van der Waals surface area contributed by atoms with E-state index in [1.807, 2.05) is 36.4 Å². The van der Waals surface area contributed by atoms with Crippen LogP contribution in [0.5, 0.6) is 0 Å². The van der Waals surface area contributed by atoms with Crippen molar-refractivity contribution in [2.24, 2.45) is 0 Å². The van der Waals surface area contributed by atoms with Crippen LogP contribution in [-0.2, 0) is 9.53 Å². The van der Waals surface area contributed by atoms with Gasteiger partial charge in [-0.15, -0.1) is 0 Å². The summed E-state index contributed by atoms with van der Waals surface area (Å²) in [6.45, 7) is 5.34. The largest absolute Gasteiger partial charge is 0.443 e.